The van der Waals surface area contributed by atoms with Crippen molar-refractivity contribution in [2.75, 3.05) is 20.3 Å². The predicted octanol–water partition coefficient (Wildman–Crippen LogP) is 5.26. The molecule has 0 radical (unpaired) electrons. The van der Waals surface area contributed by atoms with Gasteiger partial charge in [0.05, 0.1) is 33.0 Å². The molecule has 0 aliphatic carbocycles. The van der Waals surface area contributed by atoms with Crippen molar-refractivity contribution in [3.8, 4) is 0 Å². The quantitative estimate of drug-likeness (QED) is 0.159. The van der Waals surface area contributed by atoms with Crippen LogP contribution < -0.4 is 0 Å². The molecule has 0 bridgehead atoms. The van der Waals surface area contributed by atoms with Crippen LogP contribution in [0.1, 0.15) is 35.5 Å². The maximum Gasteiger partial charge on any atom is 0.303 e. The first-order valence-corrected chi connectivity index (χ1v) is 18.6. The molecule has 0 saturated carbocycles. The van der Waals surface area contributed by atoms with Gasteiger partial charge in [-0.25, -0.2) is 0 Å². The van der Waals surface area contributed by atoms with Gasteiger partial charge in [0.25, 0.3) is 0 Å². The fourth-order valence-electron chi connectivity index (χ4n) is 7.14. The monoisotopic (exact) mass is 756 g/mol. The molecule has 1 unspecified atom stereocenters. The Labute approximate surface area is 321 Å². The minimum absolute atomic E-state index is 0.0848. The van der Waals surface area contributed by atoms with E-state index < -0.39 is 73.7 Å². The van der Waals surface area contributed by atoms with Crippen molar-refractivity contribution >= 4 is 5.97 Å². The molecule has 1 N–H and O–H groups in total. The average Bonchev–Trinajstić information content (AvgIpc) is 3.22. The Kier molecular flexibility index (Phi) is 13.7. The third-order valence-electron chi connectivity index (χ3n) is 9.79. The van der Waals surface area contributed by atoms with Gasteiger partial charge in [-0.1, -0.05) is 121 Å². The summed E-state index contributed by atoms with van der Waals surface area (Å²) >= 11 is 0. The largest absolute Gasteiger partial charge is 0.457 e. The van der Waals surface area contributed by atoms with Gasteiger partial charge in [0, 0.05) is 19.6 Å². The summed E-state index contributed by atoms with van der Waals surface area (Å²) in [5.41, 5.74) is 3.65. The zero-order valence-electron chi connectivity index (χ0n) is 30.9. The van der Waals surface area contributed by atoms with Gasteiger partial charge in [-0.2, -0.15) is 0 Å². The zero-order chi connectivity index (χ0) is 38.0. The smallest absolute Gasteiger partial charge is 0.303 e. The van der Waals surface area contributed by atoms with Crippen molar-refractivity contribution in [3.05, 3.63) is 144 Å². The van der Waals surface area contributed by atoms with Crippen LogP contribution in [0.4, 0.5) is 0 Å². The third-order valence-corrected chi connectivity index (χ3v) is 9.79. The summed E-state index contributed by atoms with van der Waals surface area (Å²) in [4.78, 5) is 12.6. The van der Waals surface area contributed by atoms with Gasteiger partial charge in [0.1, 0.15) is 36.6 Å². The number of hydrogen-bond acceptors (Lipinski definition) is 12. The van der Waals surface area contributed by atoms with Crippen LogP contribution in [0, 0.1) is 0 Å². The molecule has 3 saturated heterocycles. The Balaban J connectivity index is 1.18. The number of carbonyl (C=O) groups excluding carboxylic acids is 1. The number of benzene rings is 4. The van der Waals surface area contributed by atoms with Crippen LogP contribution in [0.15, 0.2) is 121 Å². The molecule has 11 atom stereocenters. The van der Waals surface area contributed by atoms with Crippen LogP contribution in [0.5, 0.6) is 0 Å². The second-order valence-electron chi connectivity index (χ2n) is 13.7. The van der Waals surface area contributed by atoms with Crippen molar-refractivity contribution < 1.29 is 57.3 Å². The third kappa shape index (κ3) is 10.0. The van der Waals surface area contributed by atoms with Gasteiger partial charge < -0.3 is 52.5 Å². The zero-order valence-corrected chi connectivity index (χ0v) is 30.9. The highest BCUT2D eigenvalue weighted by molar-refractivity contribution is 5.66. The lowest BCUT2D eigenvalue weighted by molar-refractivity contribution is -0.393. The van der Waals surface area contributed by atoms with Gasteiger partial charge in [0.2, 0.25) is 0 Å². The topological polar surface area (TPSA) is 130 Å². The Morgan fingerprint density at radius 1 is 0.673 bits per heavy atom. The van der Waals surface area contributed by atoms with Crippen molar-refractivity contribution in [3.63, 3.8) is 0 Å². The molecule has 292 valence electrons. The minimum Gasteiger partial charge on any atom is -0.457 e. The first kappa shape index (κ1) is 39.2. The van der Waals surface area contributed by atoms with Crippen LogP contribution in [-0.4, -0.2) is 92.8 Å². The van der Waals surface area contributed by atoms with Gasteiger partial charge >= 0.3 is 5.97 Å². The highest BCUT2D eigenvalue weighted by Gasteiger charge is 2.56. The molecule has 4 aromatic carbocycles. The Hall–Kier alpha value is -4.05. The molecular weight excluding hydrogens is 708 g/mol. The number of hydrogen-bond donors (Lipinski definition) is 1. The number of aliphatic hydroxyl groups is 1. The fourth-order valence-corrected chi connectivity index (χ4v) is 7.14. The lowest BCUT2D eigenvalue weighted by Gasteiger charge is -2.50. The molecule has 12 heteroatoms. The Bertz CT molecular complexity index is 1730. The van der Waals surface area contributed by atoms with Crippen molar-refractivity contribution in [2.45, 2.75) is 94.4 Å². The summed E-state index contributed by atoms with van der Waals surface area (Å²) in [6.45, 7) is 2.28. The predicted molar refractivity (Wildman–Crippen MR) is 197 cm³/mol. The summed E-state index contributed by atoms with van der Waals surface area (Å²) in [5.74, 6) is -0.587. The number of rotatable bonds is 15. The van der Waals surface area contributed by atoms with E-state index in [0.717, 1.165) is 22.3 Å². The molecule has 12 nitrogen and oxygen atoms in total. The fraction of sp³-hybridized carbons (Fsp3) is 0.419. The lowest BCUT2D eigenvalue weighted by atomic mass is 9.95. The van der Waals surface area contributed by atoms with Gasteiger partial charge in [0.15, 0.2) is 31.1 Å². The van der Waals surface area contributed by atoms with E-state index in [1.54, 1.807) is 7.11 Å². The number of carbonyl (C=O) groups is 1. The average molecular weight is 757 g/mol. The van der Waals surface area contributed by atoms with Gasteiger partial charge in [-0.3, -0.25) is 4.79 Å². The van der Waals surface area contributed by atoms with E-state index in [1.165, 1.54) is 6.92 Å². The van der Waals surface area contributed by atoms with E-state index in [2.05, 4.69) is 0 Å². The highest BCUT2D eigenvalue weighted by atomic mass is 16.8. The van der Waals surface area contributed by atoms with Crippen LogP contribution in [0.3, 0.4) is 0 Å². The summed E-state index contributed by atoms with van der Waals surface area (Å²) in [6, 6.07) is 38.7. The van der Waals surface area contributed by atoms with Crippen LogP contribution in [0.25, 0.3) is 0 Å². The molecule has 0 amide bonds. The summed E-state index contributed by atoms with van der Waals surface area (Å²) in [7, 11) is 1.58. The molecular formula is C43H48O12. The number of ether oxygens (including phenoxy) is 10. The molecule has 7 rings (SSSR count). The highest BCUT2D eigenvalue weighted by Crippen LogP contribution is 2.38. The molecule has 0 aromatic heterocycles. The Morgan fingerprint density at radius 2 is 1.24 bits per heavy atom. The summed E-state index contributed by atoms with van der Waals surface area (Å²) in [5, 5.41) is 11.5. The van der Waals surface area contributed by atoms with E-state index in [4.69, 9.17) is 47.4 Å². The standard InChI is InChI=1S/C43H48O12/c1-28(44)51-38-36-34(27-50-42(54-36)32-21-13-6-14-22-32)52-41(45)39(38)55-43-40(49-25-31-19-11-5-12-20-31)37(46-2)35(48-24-30-17-9-4-10-18-30)33(53-43)26-47-23-29-15-7-3-8-16-29/h3-22,33-43,45H,23-27H2,1-2H3/t33-,34-,35-,36-,37+,38+,39-,40-,41+,42?,43-/m1/s1. The Morgan fingerprint density at radius 3 is 1.82 bits per heavy atom. The van der Waals surface area contributed by atoms with Crippen LogP contribution >= 0.6 is 0 Å². The molecule has 0 spiro atoms. The minimum atomic E-state index is -1.55. The molecule has 3 aliphatic rings. The molecule has 3 fully saturated rings. The second kappa shape index (κ2) is 19.2. The van der Waals surface area contributed by atoms with E-state index in [0.29, 0.717) is 6.61 Å². The molecule has 55 heavy (non-hydrogen) atoms. The molecule has 3 heterocycles. The maximum atomic E-state index is 12.6. The van der Waals surface area contributed by atoms with Crippen molar-refractivity contribution in [1.29, 1.82) is 0 Å². The van der Waals surface area contributed by atoms with Gasteiger partial charge in [-0.15, -0.1) is 0 Å². The second-order valence-corrected chi connectivity index (χ2v) is 13.7. The van der Waals surface area contributed by atoms with E-state index >= 15 is 0 Å². The van der Waals surface area contributed by atoms with E-state index in [1.807, 2.05) is 121 Å². The maximum absolute atomic E-state index is 12.6. The van der Waals surface area contributed by atoms with Crippen LogP contribution in [0.2, 0.25) is 0 Å². The van der Waals surface area contributed by atoms with Crippen molar-refractivity contribution in [2.24, 2.45) is 0 Å². The number of fused-ring (bicyclic) bond motifs is 1. The van der Waals surface area contributed by atoms with E-state index in [-0.39, 0.29) is 26.4 Å². The SMILES string of the molecule is CO[C@@H]1[C@@H](OCc2ccccc2)[C@@H](O[C@@H]2[C@@H](OC(C)=O)[C@@H]3OC(c4ccccc4)OC[C@H]3O[C@@H]2O)O[C@H](COCc2ccccc2)[C@H]1OCc1ccccc1. The first-order valence-electron chi connectivity index (χ1n) is 18.6. The normalized spacial score (nSPS) is 30.6. The lowest BCUT2D eigenvalue weighted by Crippen LogP contribution is -2.67. The molecule has 3 aliphatic heterocycles. The number of aliphatic hydroxyl groups excluding tert-OH is 1. The summed E-state index contributed by atoms with van der Waals surface area (Å²) in [6.07, 6.45) is -10.5. The van der Waals surface area contributed by atoms with Gasteiger partial charge in [-0.05, 0) is 16.7 Å². The van der Waals surface area contributed by atoms with Crippen LogP contribution in [-0.2, 0) is 72.0 Å². The summed E-state index contributed by atoms with van der Waals surface area (Å²) < 4.78 is 63.2. The first-order chi connectivity index (χ1) is 27.0. The van der Waals surface area contributed by atoms with E-state index in [9.17, 15) is 9.90 Å². The number of methoxy groups -OCH3 is 1. The van der Waals surface area contributed by atoms with Crippen molar-refractivity contribution in [1.82, 2.24) is 0 Å². The number of esters is 1. The molecule has 4 aromatic rings.